The highest BCUT2D eigenvalue weighted by molar-refractivity contribution is 7.89. The zero-order valence-electron chi connectivity index (χ0n) is 16.7. The predicted octanol–water partition coefficient (Wildman–Crippen LogP) is 4.08. The Hall–Kier alpha value is -2.55. The molecule has 2 heterocycles. The molecule has 0 atom stereocenters. The van der Waals surface area contributed by atoms with Crippen LogP contribution >= 0.6 is 11.3 Å². The van der Waals surface area contributed by atoms with E-state index in [2.05, 4.69) is 10.3 Å². The number of hydrogen-bond acceptors (Lipinski definition) is 5. The Balaban J connectivity index is 1.43. The minimum Gasteiger partial charge on any atom is -0.325 e. The lowest BCUT2D eigenvalue weighted by Crippen LogP contribution is -2.27. The molecule has 0 radical (unpaired) electrons. The molecule has 30 heavy (non-hydrogen) atoms. The van der Waals surface area contributed by atoms with Gasteiger partial charge in [0.15, 0.2) is 0 Å². The van der Waals surface area contributed by atoms with Crippen LogP contribution in [-0.4, -0.2) is 36.7 Å². The second-order valence-electron chi connectivity index (χ2n) is 7.30. The summed E-state index contributed by atoms with van der Waals surface area (Å²) >= 11 is 1.42. The molecule has 0 aliphatic carbocycles. The number of nitrogens with zero attached hydrogens (tertiary/aromatic N) is 2. The molecular weight excluding hydrogens is 418 g/mol. The summed E-state index contributed by atoms with van der Waals surface area (Å²) in [5.41, 5.74) is 3.38. The van der Waals surface area contributed by atoms with Crippen molar-refractivity contribution in [2.24, 2.45) is 0 Å². The Labute approximate surface area is 180 Å². The molecule has 1 N–H and O–H groups in total. The smallest absolute Gasteiger partial charge is 0.243 e. The summed E-state index contributed by atoms with van der Waals surface area (Å²) < 4.78 is 26.8. The molecule has 1 aliphatic heterocycles. The van der Waals surface area contributed by atoms with Crippen molar-refractivity contribution in [1.29, 1.82) is 0 Å². The normalized spacial score (nSPS) is 14.7. The maximum absolute atomic E-state index is 12.6. The molecule has 1 aromatic heterocycles. The number of aromatic nitrogens is 1. The van der Waals surface area contributed by atoms with Crippen molar-refractivity contribution in [3.05, 3.63) is 64.5 Å². The summed E-state index contributed by atoms with van der Waals surface area (Å²) in [7, 11) is -3.42. The van der Waals surface area contributed by atoms with Crippen LogP contribution in [-0.2, 0) is 21.2 Å². The number of hydrogen-bond donors (Lipinski definition) is 1. The van der Waals surface area contributed by atoms with Crippen molar-refractivity contribution in [2.45, 2.75) is 31.1 Å². The number of amides is 1. The number of thiazole rings is 1. The van der Waals surface area contributed by atoms with Gasteiger partial charge >= 0.3 is 0 Å². The van der Waals surface area contributed by atoms with Gasteiger partial charge in [-0.05, 0) is 43.5 Å². The van der Waals surface area contributed by atoms with Crippen molar-refractivity contribution in [3.63, 3.8) is 0 Å². The van der Waals surface area contributed by atoms with Gasteiger partial charge in [-0.2, -0.15) is 4.31 Å². The molecule has 6 nitrogen and oxygen atoms in total. The quantitative estimate of drug-likeness (QED) is 0.625. The fraction of sp³-hybridized carbons (Fsp3) is 0.273. The van der Waals surface area contributed by atoms with Crippen LogP contribution in [0, 0.1) is 6.92 Å². The zero-order valence-corrected chi connectivity index (χ0v) is 18.3. The first-order chi connectivity index (χ1) is 14.4. The van der Waals surface area contributed by atoms with Crippen LogP contribution in [0.3, 0.4) is 0 Å². The summed E-state index contributed by atoms with van der Waals surface area (Å²) in [6.07, 6.45) is 2.02. The van der Waals surface area contributed by atoms with Crippen LogP contribution in [0.5, 0.6) is 0 Å². The number of para-hydroxylation sites is 1. The molecule has 0 bridgehead atoms. The average Bonchev–Trinajstić information content (AvgIpc) is 3.42. The minimum absolute atomic E-state index is 0.114. The van der Waals surface area contributed by atoms with Crippen LogP contribution in [0.2, 0.25) is 0 Å². The SMILES string of the molecule is Cc1ccccc1NC(=O)Cc1nc(-c2ccc(S(=O)(=O)N3CCCC3)cc2)cs1. The third kappa shape index (κ3) is 4.45. The van der Waals surface area contributed by atoms with E-state index in [1.807, 2.05) is 36.6 Å². The van der Waals surface area contributed by atoms with Crippen molar-refractivity contribution >= 4 is 33.0 Å². The van der Waals surface area contributed by atoms with E-state index in [0.29, 0.717) is 23.0 Å². The molecule has 3 aromatic rings. The molecule has 2 aromatic carbocycles. The van der Waals surface area contributed by atoms with E-state index in [4.69, 9.17) is 0 Å². The van der Waals surface area contributed by atoms with Gasteiger partial charge in [0.05, 0.1) is 17.0 Å². The van der Waals surface area contributed by atoms with E-state index in [0.717, 1.165) is 35.3 Å². The topological polar surface area (TPSA) is 79.4 Å². The largest absolute Gasteiger partial charge is 0.325 e. The van der Waals surface area contributed by atoms with E-state index in [-0.39, 0.29) is 12.3 Å². The number of benzene rings is 2. The molecule has 1 saturated heterocycles. The molecule has 8 heteroatoms. The first kappa shape index (κ1) is 20.7. The number of rotatable bonds is 6. The van der Waals surface area contributed by atoms with Gasteiger partial charge in [0.25, 0.3) is 0 Å². The highest BCUT2D eigenvalue weighted by Crippen LogP contribution is 2.26. The minimum atomic E-state index is -3.42. The van der Waals surface area contributed by atoms with Crippen LogP contribution in [0.15, 0.2) is 58.8 Å². The number of carbonyl (C=O) groups excluding carboxylic acids is 1. The van der Waals surface area contributed by atoms with Gasteiger partial charge in [-0.15, -0.1) is 11.3 Å². The standard InChI is InChI=1S/C22H23N3O3S2/c1-16-6-2-3-7-19(16)23-21(26)14-22-24-20(15-29-22)17-8-10-18(11-9-17)30(27,28)25-12-4-5-13-25/h2-3,6-11,15H,4-5,12-14H2,1H3,(H,23,26). The molecule has 0 unspecified atom stereocenters. The predicted molar refractivity (Wildman–Crippen MR) is 119 cm³/mol. The monoisotopic (exact) mass is 441 g/mol. The molecule has 0 spiro atoms. The van der Waals surface area contributed by atoms with Crippen molar-refractivity contribution < 1.29 is 13.2 Å². The second-order valence-corrected chi connectivity index (χ2v) is 10.2. The maximum atomic E-state index is 12.6. The van der Waals surface area contributed by atoms with Gasteiger partial charge in [0.2, 0.25) is 15.9 Å². The maximum Gasteiger partial charge on any atom is 0.243 e. The van der Waals surface area contributed by atoms with Crippen molar-refractivity contribution in [1.82, 2.24) is 9.29 Å². The Morgan fingerprint density at radius 1 is 1.10 bits per heavy atom. The summed E-state index contributed by atoms with van der Waals surface area (Å²) in [6, 6.07) is 14.4. The van der Waals surface area contributed by atoms with Crippen LogP contribution in [0.4, 0.5) is 5.69 Å². The van der Waals surface area contributed by atoms with Gasteiger partial charge in [-0.3, -0.25) is 4.79 Å². The van der Waals surface area contributed by atoms with E-state index in [9.17, 15) is 13.2 Å². The van der Waals surface area contributed by atoms with Gasteiger partial charge in [-0.1, -0.05) is 30.3 Å². The summed E-state index contributed by atoms with van der Waals surface area (Å²) in [5, 5.41) is 5.52. The number of aryl methyl sites for hydroxylation is 1. The van der Waals surface area contributed by atoms with Gasteiger partial charge in [0, 0.05) is 29.7 Å². The fourth-order valence-corrected chi connectivity index (χ4v) is 5.76. The van der Waals surface area contributed by atoms with E-state index in [1.165, 1.54) is 15.6 Å². The lowest BCUT2D eigenvalue weighted by molar-refractivity contribution is -0.115. The molecule has 1 amide bonds. The highest BCUT2D eigenvalue weighted by Gasteiger charge is 2.27. The number of sulfonamides is 1. The zero-order chi connectivity index (χ0) is 21.1. The first-order valence-electron chi connectivity index (χ1n) is 9.84. The lowest BCUT2D eigenvalue weighted by atomic mass is 10.2. The van der Waals surface area contributed by atoms with Crippen molar-refractivity contribution in [2.75, 3.05) is 18.4 Å². The van der Waals surface area contributed by atoms with Crippen LogP contribution in [0.25, 0.3) is 11.3 Å². The molecule has 0 saturated carbocycles. The second kappa shape index (κ2) is 8.67. The van der Waals surface area contributed by atoms with E-state index >= 15 is 0 Å². The Bertz CT molecular complexity index is 1150. The van der Waals surface area contributed by atoms with Crippen LogP contribution in [0.1, 0.15) is 23.4 Å². The van der Waals surface area contributed by atoms with E-state index < -0.39 is 10.0 Å². The molecule has 4 rings (SSSR count). The third-order valence-electron chi connectivity index (χ3n) is 5.14. The summed E-state index contributed by atoms with van der Waals surface area (Å²) in [5.74, 6) is -0.114. The lowest BCUT2D eigenvalue weighted by Gasteiger charge is -2.15. The fourth-order valence-electron chi connectivity index (χ4n) is 3.44. The van der Waals surface area contributed by atoms with Gasteiger partial charge in [0.1, 0.15) is 5.01 Å². The molecule has 1 fully saturated rings. The Kier molecular flexibility index (Phi) is 5.99. The summed E-state index contributed by atoms with van der Waals surface area (Å²) in [6.45, 7) is 3.12. The van der Waals surface area contributed by atoms with Gasteiger partial charge < -0.3 is 5.32 Å². The number of anilines is 1. The molecule has 156 valence electrons. The Morgan fingerprint density at radius 3 is 2.50 bits per heavy atom. The molecule has 1 aliphatic rings. The van der Waals surface area contributed by atoms with E-state index in [1.54, 1.807) is 24.3 Å². The average molecular weight is 442 g/mol. The third-order valence-corrected chi connectivity index (χ3v) is 7.90. The summed E-state index contributed by atoms with van der Waals surface area (Å²) in [4.78, 5) is 17.2. The Morgan fingerprint density at radius 2 is 1.80 bits per heavy atom. The van der Waals surface area contributed by atoms with Crippen LogP contribution < -0.4 is 5.32 Å². The first-order valence-corrected chi connectivity index (χ1v) is 12.2. The number of carbonyl (C=O) groups is 1. The highest BCUT2D eigenvalue weighted by atomic mass is 32.2. The molecular formula is C22H23N3O3S2. The van der Waals surface area contributed by atoms with Gasteiger partial charge in [-0.25, -0.2) is 13.4 Å². The van der Waals surface area contributed by atoms with Crippen molar-refractivity contribution in [3.8, 4) is 11.3 Å². The number of nitrogens with one attached hydrogen (secondary N) is 1.